The minimum Gasteiger partial charge on any atom is -0.375 e. The predicted molar refractivity (Wildman–Crippen MR) is 63.2 cm³/mol. The molecule has 3 N–H and O–H groups in total. The summed E-state index contributed by atoms with van der Waals surface area (Å²) in [5.41, 5.74) is 8.38. The summed E-state index contributed by atoms with van der Waals surface area (Å²) in [4.78, 5) is 15.9. The van der Waals surface area contributed by atoms with E-state index >= 15 is 0 Å². The molecule has 0 aliphatic rings. The number of hydrogen-bond acceptors (Lipinski definition) is 5. The molecule has 0 spiro atoms. The van der Waals surface area contributed by atoms with E-state index in [-0.39, 0.29) is 0 Å². The molecular formula is C10H9N5S. The molecule has 0 radical (unpaired) electrons. The highest BCUT2D eigenvalue weighted by Gasteiger charge is 2.05. The van der Waals surface area contributed by atoms with Gasteiger partial charge in [-0.15, -0.1) is 11.3 Å². The number of thiazole rings is 1. The Hall–Kier alpha value is -1.95. The van der Waals surface area contributed by atoms with Gasteiger partial charge in [-0.1, -0.05) is 0 Å². The van der Waals surface area contributed by atoms with Crippen LogP contribution in [-0.2, 0) is 6.42 Å². The molecule has 3 aromatic rings. The number of nitrogens with one attached hydrogen (secondary N) is 1. The van der Waals surface area contributed by atoms with Crippen LogP contribution in [-0.4, -0.2) is 19.9 Å². The molecule has 80 valence electrons. The maximum absolute atomic E-state index is 5.57. The van der Waals surface area contributed by atoms with Crippen molar-refractivity contribution < 1.29 is 0 Å². The molecular weight excluding hydrogens is 222 g/mol. The van der Waals surface area contributed by atoms with Crippen LogP contribution in [0.3, 0.4) is 0 Å². The summed E-state index contributed by atoms with van der Waals surface area (Å²) in [6, 6.07) is 1.88. The highest BCUT2D eigenvalue weighted by atomic mass is 32.1. The van der Waals surface area contributed by atoms with E-state index in [0.29, 0.717) is 11.6 Å². The molecule has 0 amide bonds. The molecule has 0 unspecified atom stereocenters. The number of hydrogen-bond donors (Lipinski definition) is 2. The van der Waals surface area contributed by atoms with Crippen LogP contribution in [0, 0.1) is 0 Å². The van der Waals surface area contributed by atoms with Crippen molar-refractivity contribution in [1.82, 2.24) is 19.9 Å². The van der Waals surface area contributed by atoms with E-state index in [2.05, 4.69) is 19.9 Å². The third-order valence-corrected chi connectivity index (χ3v) is 2.97. The molecule has 0 aromatic carbocycles. The second-order valence-electron chi connectivity index (χ2n) is 3.43. The Balaban J connectivity index is 1.95. The van der Waals surface area contributed by atoms with Gasteiger partial charge in [-0.3, -0.25) is 4.98 Å². The van der Waals surface area contributed by atoms with Crippen molar-refractivity contribution in [3.8, 4) is 0 Å². The van der Waals surface area contributed by atoms with E-state index in [0.717, 1.165) is 22.6 Å². The second-order valence-corrected chi connectivity index (χ2v) is 4.32. The first-order chi connectivity index (χ1) is 7.81. The number of nitrogens with two attached hydrogens (primary N) is 1. The molecule has 0 atom stereocenters. The van der Waals surface area contributed by atoms with Gasteiger partial charge >= 0.3 is 0 Å². The largest absolute Gasteiger partial charge is 0.375 e. The topological polar surface area (TPSA) is 80.5 Å². The van der Waals surface area contributed by atoms with Gasteiger partial charge in [-0.2, -0.15) is 0 Å². The second kappa shape index (κ2) is 3.57. The highest BCUT2D eigenvalue weighted by molar-refractivity contribution is 7.13. The lowest BCUT2D eigenvalue weighted by molar-refractivity contribution is 1.00. The van der Waals surface area contributed by atoms with E-state index in [1.54, 1.807) is 12.4 Å². The van der Waals surface area contributed by atoms with Gasteiger partial charge < -0.3 is 10.7 Å². The first kappa shape index (κ1) is 9.29. The quantitative estimate of drug-likeness (QED) is 0.701. The Morgan fingerprint density at radius 2 is 2.31 bits per heavy atom. The van der Waals surface area contributed by atoms with Gasteiger partial charge in [0.15, 0.2) is 5.13 Å². The van der Waals surface area contributed by atoms with Crippen LogP contribution in [0.25, 0.3) is 11.0 Å². The van der Waals surface area contributed by atoms with Gasteiger partial charge in [0.1, 0.15) is 5.82 Å². The number of nitrogen functional groups attached to an aromatic ring is 1. The number of pyridine rings is 1. The Morgan fingerprint density at radius 3 is 3.06 bits per heavy atom. The number of rotatable bonds is 2. The van der Waals surface area contributed by atoms with Gasteiger partial charge in [0.25, 0.3) is 0 Å². The van der Waals surface area contributed by atoms with Crippen molar-refractivity contribution in [2.24, 2.45) is 0 Å². The normalized spacial score (nSPS) is 11.0. The predicted octanol–water partition coefficient (Wildman–Crippen LogP) is 1.59. The molecule has 0 bridgehead atoms. The fourth-order valence-electron chi connectivity index (χ4n) is 1.57. The summed E-state index contributed by atoms with van der Waals surface area (Å²) in [6.07, 6.45) is 4.16. The number of H-pyrrole nitrogens is 1. The average Bonchev–Trinajstić information content (AvgIpc) is 2.84. The lowest BCUT2D eigenvalue weighted by Crippen LogP contribution is -1.91. The molecule has 0 saturated heterocycles. The minimum absolute atomic E-state index is 0.591. The zero-order chi connectivity index (χ0) is 11.0. The molecule has 3 aromatic heterocycles. The Bertz CT molecular complexity index is 594. The Labute approximate surface area is 95.4 Å². The number of aromatic amines is 1. The van der Waals surface area contributed by atoms with Crippen LogP contribution < -0.4 is 5.73 Å². The van der Waals surface area contributed by atoms with Crippen molar-refractivity contribution in [1.29, 1.82) is 0 Å². The zero-order valence-corrected chi connectivity index (χ0v) is 9.16. The van der Waals surface area contributed by atoms with E-state index in [1.165, 1.54) is 11.3 Å². The fraction of sp³-hybridized carbons (Fsp3) is 0.100. The van der Waals surface area contributed by atoms with Crippen molar-refractivity contribution in [2.75, 3.05) is 5.73 Å². The van der Waals surface area contributed by atoms with Crippen molar-refractivity contribution in [2.45, 2.75) is 6.42 Å². The molecule has 3 rings (SSSR count). The van der Waals surface area contributed by atoms with E-state index in [1.807, 2.05) is 11.4 Å². The van der Waals surface area contributed by atoms with Crippen LogP contribution in [0.1, 0.15) is 11.5 Å². The lowest BCUT2D eigenvalue weighted by Gasteiger charge is -1.90. The fourth-order valence-corrected chi connectivity index (χ4v) is 2.13. The minimum atomic E-state index is 0.591. The summed E-state index contributed by atoms with van der Waals surface area (Å²) < 4.78 is 0. The van der Waals surface area contributed by atoms with Crippen LogP contribution in [0.4, 0.5) is 5.13 Å². The van der Waals surface area contributed by atoms with E-state index < -0.39 is 0 Å². The van der Waals surface area contributed by atoms with E-state index in [9.17, 15) is 0 Å². The third-order valence-electron chi connectivity index (χ3n) is 2.25. The van der Waals surface area contributed by atoms with Crippen LogP contribution in [0.5, 0.6) is 0 Å². The number of anilines is 1. The number of aromatic nitrogens is 4. The summed E-state index contributed by atoms with van der Waals surface area (Å²) in [5.74, 6) is 0.883. The number of imidazole rings is 1. The van der Waals surface area contributed by atoms with Gasteiger partial charge in [-0.25, -0.2) is 9.97 Å². The monoisotopic (exact) mass is 231 g/mol. The molecule has 3 heterocycles. The Morgan fingerprint density at radius 1 is 1.38 bits per heavy atom. The molecule has 0 aliphatic carbocycles. The van der Waals surface area contributed by atoms with Gasteiger partial charge in [-0.05, 0) is 6.07 Å². The molecule has 5 nitrogen and oxygen atoms in total. The molecule has 0 saturated carbocycles. The lowest BCUT2D eigenvalue weighted by atomic mass is 10.3. The van der Waals surface area contributed by atoms with Crippen molar-refractivity contribution >= 4 is 27.5 Å². The standard InChI is InChI=1S/C10H9N5S/c11-10-13-6(5-16-10)3-9-14-7-1-2-12-4-8(7)15-9/h1-2,4-5H,3H2,(H2,11,13)(H,14,15). The van der Waals surface area contributed by atoms with Crippen LogP contribution in [0.15, 0.2) is 23.8 Å². The van der Waals surface area contributed by atoms with Crippen molar-refractivity contribution in [3.05, 3.63) is 35.4 Å². The zero-order valence-electron chi connectivity index (χ0n) is 8.34. The summed E-state index contributed by atoms with van der Waals surface area (Å²) in [5, 5.41) is 2.54. The molecule has 0 aliphatic heterocycles. The number of fused-ring (bicyclic) bond motifs is 1. The summed E-state index contributed by atoms with van der Waals surface area (Å²) in [7, 11) is 0. The summed E-state index contributed by atoms with van der Waals surface area (Å²) >= 11 is 1.44. The molecule has 0 fully saturated rings. The summed E-state index contributed by atoms with van der Waals surface area (Å²) in [6.45, 7) is 0. The highest BCUT2D eigenvalue weighted by Crippen LogP contribution is 2.15. The first-order valence-corrected chi connectivity index (χ1v) is 5.68. The SMILES string of the molecule is Nc1nc(Cc2nc3ccncc3[nH]2)cs1. The van der Waals surface area contributed by atoms with Gasteiger partial charge in [0, 0.05) is 18.0 Å². The Kier molecular flexibility index (Phi) is 2.07. The average molecular weight is 231 g/mol. The van der Waals surface area contributed by atoms with Crippen molar-refractivity contribution in [3.63, 3.8) is 0 Å². The molecule has 6 heteroatoms. The smallest absolute Gasteiger partial charge is 0.180 e. The number of nitrogens with zero attached hydrogens (tertiary/aromatic N) is 3. The maximum Gasteiger partial charge on any atom is 0.180 e. The van der Waals surface area contributed by atoms with Gasteiger partial charge in [0.2, 0.25) is 0 Å². The van der Waals surface area contributed by atoms with Crippen LogP contribution >= 0.6 is 11.3 Å². The molecule has 16 heavy (non-hydrogen) atoms. The maximum atomic E-state index is 5.57. The van der Waals surface area contributed by atoms with Gasteiger partial charge in [0.05, 0.1) is 22.9 Å². The first-order valence-electron chi connectivity index (χ1n) is 4.80. The van der Waals surface area contributed by atoms with Crippen LogP contribution in [0.2, 0.25) is 0 Å². The van der Waals surface area contributed by atoms with E-state index in [4.69, 9.17) is 5.73 Å². The third kappa shape index (κ3) is 1.63.